The second-order valence-electron chi connectivity index (χ2n) is 5.23. The first-order valence-electron chi connectivity index (χ1n) is 6.26. The molecule has 1 aromatic heterocycles. The molecular weight excluding hydrogens is 348 g/mol. The van der Waals surface area contributed by atoms with Crippen LogP contribution in [0.1, 0.15) is 18.2 Å². The fourth-order valence-corrected chi connectivity index (χ4v) is 6.28. The molecule has 19 heavy (non-hydrogen) atoms. The predicted octanol–water partition coefficient (Wildman–Crippen LogP) is 2.44. The van der Waals surface area contributed by atoms with Crippen molar-refractivity contribution in [2.24, 2.45) is 5.92 Å². The van der Waals surface area contributed by atoms with Crippen molar-refractivity contribution in [3.8, 4) is 0 Å². The molecule has 1 aliphatic heterocycles. The zero-order valence-corrected chi connectivity index (χ0v) is 14.5. The molecular formula is C12H19BrN2O2S2. The van der Waals surface area contributed by atoms with Gasteiger partial charge in [-0.25, -0.2) is 13.1 Å². The summed E-state index contributed by atoms with van der Waals surface area (Å²) in [7, 11) is -1.34. The van der Waals surface area contributed by atoms with Crippen LogP contribution in [-0.4, -0.2) is 39.5 Å². The zero-order chi connectivity index (χ0) is 14.2. The molecule has 1 aromatic rings. The van der Waals surface area contributed by atoms with Crippen LogP contribution in [0, 0.1) is 12.8 Å². The fourth-order valence-electron chi connectivity index (χ4n) is 2.49. The molecule has 2 unspecified atom stereocenters. The summed E-state index contributed by atoms with van der Waals surface area (Å²) in [6, 6.07) is 1.71. The van der Waals surface area contributed by atoms with Gasteiger partial charge in [0.2, 0.25) is 10.0 Å². The van der Waals surface area contributed by atoms with Crippen LogP contribution in [0.25, 0.3) is 0 Å². The summed E-state index contributed by atoms with van der Waals surface area (Å²) in [5.74, 6) is 0.330. The highest BCUT2D eigenvalue weighted by Gasteiger charge is 2.29. The van der Waals surface area contributed by atoms with Crippen LogP contribution in [0.2, 0.25) is 0 Å². The Morgan fingerprint density at radius 1 is 1.53 bits per heavy atom. The third-order valence-corrected chi connectivity index (χ3v) is 6.85. The maximum absolute atomic E-state index is 12.4. The van der Waals surface area contributed by atoms with Gasteiger partial charge in [-0.3, -0.25) is 0 Å². The number of aryl methyl sites for hydroxylation is 1. The van der Waals surface area contributed by atoms with Crippen LogP contribution in [0.5, 0.6) is 0 Å². The van der Waals surface area contributed by atoms with Gasteiger partial charge in [-0.15, -0.1) is 11.3 Å². The van der Waals surface area contributed by atoms with Gasteiger partial charge in [-0.05, 0) is 54.9 Å². The molecule has 0 aromatic carbocycles. The Bertz CT molecular complexity index is 556. The normalized spacial score (nSPS) is 25.7. The summed E-state index contributed by atoms with van der Waals surface area (Å²) in [5.41, 5.74) is 0. The topological polar surface area (TPSA) is 49.4 Å². The summed E-state index contributed by atoms with van der Waals surface area (Å²) in [6.45, 7) is 5.80. The molecule has 0 amide bonds. The summed E-state index contributed by atoms with van der Waals surface area (Å²) < 4.78 is 28.6. The molecule has 0 aliphatic carbocycles. The van der Waals surface area contributed by atoms with Gasteiger partial charge in [-0.1, -0.05) is 6.92 Å². The largest absolute Gasteiger partial charge is 0.306 e. The van der Waals surface area contributed by atoms with E-state index in [4.69, 9.17) is 0 Å². The van der Waals surface area contributed by atoms with Crippen molar-refractivity contribution in [1.29, 1.82) is 0 Å². The quantitative estimate of drug-likeness (QED) is 0.893. The Balaban J connectivity index is 2.16. The standard InChI is InChI=1S/C12H19BrN2O2S2/c1-8-7-15(3)5-4-10(8)14-19(16,17)11-6-12(13)18-9(11)2/h6,8,10,14H,4-5,7H2,1-3H3. The van der Waals surface area contributed by atoms with E-state index in [-0.39, 0.29) is 6.04 Å². The van der Waals surface area contributed by atoms with Crippen molar-refractivity contribution in [3.05, 3.63) is 14.7 Å². The highest BCUT2D eigenvalue weighted by molar-refractivity contribution is 9.11. The molecule has 0 radical (unpaired) electrons. The average Bonchev–Trinajstić information content (AvgIpc) is 2.63. The number of rotatable bonds is 3. The third kappa shape index (κ3) is 3.58. The summed E-state index contributed by atoms with van der Waals surface area (Å²) in [4.78, 5) is 3.46. The number of likely N-dealkylation sites (tertiary alicyclic amines) is 1. The van der Waals surface area contributed by atoms with Gasteiger partial charge in [0.1, 0.15) is 0 Å². The number of hydrogen-bond acceptors (Lipinski definition) is 4. The van der Waals surface area contributed by atoms with Crippen LogP contribution in [0.4, 0.5) is 0 Å². The average molecular weight is 367 g/mol. The molecule has 0 saturated carbocycles. The molecule has 2 atom stereocenters. The van der Waals surface area contributed by atoms with E-state index < -0.39 is 10.0 Å². The fraction of sp³-hybridized carbons (Fsp3) is 0.667. The van der Waals surface area contributed by atoms with E-state index in [0.717, 1.165) is 28.2 Å². The molecule has 1 N–H and O–H groups in total. The molecule has 1 aliphatic rings. The number of sulfonamides is 1. The van der Waals surface area contributed by atoms with Crippen LogP contribution < -0.4 is 4.72 Å². The predicted molar refractivity (Wildman–Crippen MR) is 82.1 cm³/mol. The molecule has 108 valence electrons. The molecule has 2 heterocycles. The summed E-state index contributed by atoms with van der Waals surface area (Å²) in [6.07, 6.45) is 0.862. The molecule has 7 heteroatoms. The van der Waals surface area contributed by atoms with Crippen molar-refractivity contribution in [2.45, 2.75) is 31.2 Å². The molecule has 1 fully saturated rings. The third-order valence-electron chi connectivity index (χ3n) is 3.55. The molecule has 1 saturated heterocycles. The Morgan fingerprint density at radius 2 is 2.21 bits per heavy atom. The minimum Gasteiger partial charge on any atom is -0.306 e. The maximum atomic E-state index is 12.4. The van der Waals surface area contributed by atoms with Gasteiger partial charge in [0.15, 0.2) is 0 Å². The first-order chi connectivity index (χ1) is 8.79. The SMILES string of the molecule is Cc1sc(Br)cc1S(=O)(=O)NC1CCN(C)CC1C. The monoisotopic (exact) mass is 366 g/mol. The number of nitrogens with zero attached hydrogens (tertiary/aromatic N) is 1. The number of thiophene rings is 1. The van der Waals surface area contributed by atoms with Crippen molar-refractivity contribution < 1.29 is 8.42 Å². The molecule has 0 bridgehead atoms. The second kappa shape index (κ2) is 5.81. The van der Waals surface area contributed by atoms with E-state index in [1.165, 1.54) is 11.3 Å². The van der Waals surface area contributed by atoms with Gasteiger partial charge in [0, 0.05) is 17.5 Å². The number of piperidine rings is 1. The molecule has 0 spiro atoms. The smallest absolute Gasteiger partial charge is 0.241 e. The first-order valence-corrected chi connectivity index (χ1v) is 9.35. The Hall–Kier alpha value is 0.0500. The lowest BCUT2D eigenvalue weighted by atomic mass is 9.95. The van der Waals surface area contributed by atoms with Crippen LogP contribution in [-0.2, 0) is 10.0 Å². The van der Waals surface area contributed by atoms with Crippen LogP contribution in [0.3, 0.4) is 0 Å². The second-order valence-corrected chi connectivity index (χ2v) is 9.54. The van der Waals surface area contributed by atoms with Crippen molar-refractivity contribution in [1.82, 2.24) is 9.62 Å². The summed E-state index contributed by atoms with van der Waals surface area (Å²) >= 11 is 4.79. The van der Waals surface area contributed by atoms with Crippen molar-refractivity contribution in [2.75, 3.05) is 20.1 Å². The van der Waals surface area contributed by atoms with E-state index in [0.29, 0.717) is 10.8 Å². The van der Waals surface area contributed by atoms with E-state index in [2.05, 4.69) is 39.5 Å². The van der Waals surface area contributed by atoms with Gasteiger partial charge >= 0.3 is 0 Å². The highest BCUT2D eigenvalue weighted by atomic mass is 79.9. The highest BCUT2D eigenvalue weighted by Crippen LogP contribution is 2.30. The number of hydrogen-bond donors (Lipinski definition) is 1. The van der Waals surface area contributed by atoms with E-state index >= 15 is 0 Å². The molecule has 2 rings (SSSR count). The molecule has 4 nitrogen and oxygen atoms in total. The zero-order valence-electron chi connectivity index (χ0n) is 11.3. The first kappa shape index (κ1) is 15.4. The lowest BCUT2D eigenvalue weighted by molar-refractivity contribution is 0.188. The minimum absolute atomic E-state index is 0.0271. The van der Waals surface area contributed by atoms with Gasteiger partial charge < -0.3 is 4.90 Å². The van der Waals surface area contributed by atoms with Crippen molar-refractivity contribution in [3.63, 3.8) is 0 Å². The Morgan fingerprint density at radius 3 is 2.74 bits per heavy atom. The summed E-state index contributed by atoms with van der Waals surface area (Å²) in [5, 5.41) is 0. The Kier molecular flexibility index (Phi) is 4.72. The maximum Gasteiger partial charge on any atom is 0.241 e. The lowest BCUT2D eigenvalue weighted by Gasteiger charge is -2.34. The Labute approximate surface area is 127 Å². The van der Waals surface area contributed by atoms with Gasteiger partial charge in [0.05, 0.1) is 8.68 Å². The van der Waals surface area contributed by atoms with Crippen molar-refractivity contribution >= 4 is 37.3 Å². The van der Waals surface area contributed by atoms with E-state index in [9.17, 15) is 8.42 Å². The van der Waals surface area contributed by atoms with E-state index in [1.807, 2.05) is 6.92 Å². The lowest BCUT2D eigenvalue weighted by Crippen LogP contribution is -2.48. The van der Waals surface area contributed by atoms with Gasteiger partial charge in [0.25, 0.3) is 0 Å². The minimum atomic E-state index is -3.41. The van der Waals surface area contributed by atoms with Gasteiger partial charge in [-0.2, -0.15) is 0 Å². The van der Waals surface area contributed by atoms with E-state index in [1.54, 1.807) is 6.07 Å². The van der Waals surface area contributed by atoms with Crippen LogP contribution >= 0.6 is 27.3 Å². The number of halogens is 1. The number of nitrogens with one attached hydrogen (secondary N) is 1. The van der Waals surface area contributed by atoms with Crippen LogP contribution in [0.15, 0.2) is 14.7 Å².